The SMILES string of the molecule is C=C/C=C\c1ccc2c(c1C)N(c1nc(-c3ccc(F)cc3)c3ccc4ccccc4c3n1)C1C3=C(C=CC21)C(C)(C)c1ccccc13. The van der Waals surface area contributed by atoms with Crippen molar-refractivity contribution in [1.29, 1.82) is 0 Å². The molecular formula is C44H34FN3. The van der Waals surface area contributed by atoms with Crippen LogP contribution in [0.25, 0.3) is 44.6 Å². The predicted octanol–water partition coefficient (Wildman–Crippen LogP) is 11.0. The van der Waals surface area contributed by atoms with Crippen molar-refractivity contribution in [1.82, 2.24) is 9.97 Å². The number of allylic oxidation sites excluding steroid dienone is 4. The molecule has 1 aliphatic heterocycles. The zero-order valence-electron chi connectivity index (χ0n) is 27.2. The molecular weight excluding hydrogens is 590 g/mol. The molecule has 2 aliphatic carbocycles. The third-order valence-corrected chi connectivity index (χ3v) is 10.7. The molecule has 2 heterocycles. The summed E-state index contributed by atoms with van der Waals surface area (Å²) in [6.07, 6.45) is 10.7. The molecule has 9 rings (SSSR count). The molecule has 48 heavy (non-hydrogen) atoms. The zero-order valence-corrected chi connectivity index (χ0v) is 27.2. The Kier molecular flexibility index (Phi) is 6.23. The van der Waals surface area contributed by atoms with Crippen molar-refractivity contribution < 1.29 is 4.39 Å². The van der Waals surface area contributed by atoms with Gasteiger partial charge in [0.2, 0.25) is 5.95 Å². The van der Waals surface area contributed by atoms with Crippen LogP contribution in [0.15, 0.2) is 134 Å². The summed E-state index contributed by atoms with van der Waals surface area (Å²) in [5.41, 5.74) is 12.4. The number of anilines is 2. The Labute approximate surface area is 280 Å². The number of hydrogen-bond acceptors (Lipinski definition) is 3. The van der Waals surface area contributed by atoms with Gasteiger partial charge in [-0.25, -0.2) is 14.4 Å². The number of aromatic nitrogens is 2. The predicted molar refractivity (Wildman–Crippen MR) is 197 cm³/mol. The van der Waals surface area contributed by atoms with Crippen molar-refractivity contribution in [3.63, 3.8) is 0 Å². The maximum absolute atomic E-state index is 14.2. The summed E-state index contributed by atoms with van der Waals surface area (Å²) < 4.78 is 14.2. The number of hydrogen-bond donors (Lipinski definition) is 0. The molecule has 0 N–H and O–H groups in total. The van der Waals surface area contributed by atoms with Crippen LogP contribution in [0.4, 0.5) is 16.0 Å². The normalized spacial score (nSPS) is 18.8. The number of fused-ring (bicyclic) bond motifs is 9. The quantitative estimate of drug-likeness (QED) is 0.145. The summed E-state index contributed by atoms with van der Waals surface area (Å²) in [6.45, 7) is 10.8. The first-order valence-corrected chi connectivity index (χ1v) is 16.6. The van der Waals surface area contributed by atoms with Gasteiger partial charge < -0.3 is 4.90 Å². The van der Waals surface area contributed by atoms with E-state index in [0.29, 0.717) is 5.95 Å². The first kappa shape index (κ1) is 28.6. The Morgan fingerprint density at radius 1 is 0.854 bits per heavy atom. The van der Waals surface area contributed by atoms with E-state index in [1.807, 2.05) is 24.3 Å². The van der Waals surface area contributed by atoms with E-state index >= 15 is 0 Å². The molecule has 3 nitrogen and oxygen atoms in total. The van der Waals surface area contributed by atoms with Gasteiger partial charge in [-0.15, -0.1) is 0 Å². The Hall–Kier alpha value is -5.61. The highest BCUT2D eigenvalue weighted by Gasteiger charge is 2.50. The summed E-state index contributed by atoms with van der Waals surface area (Å²) in [7, 11) is 0. The van der Waals surface area contributed by atoms with Crippen molar-refractivity contribution >= 4 is 45.0 Å². The van der Waals surface area contributed by atoms with Gasteiger partial charge in [-0.05, 0) is 81.6 Å². The fraction of sp³-hybridized carbons (Fsp3) is 0.136. The van der Waals surface area contributed by atoms with E-state index in [1.54, 1.807) is 0 Å². The average Bonchev–Trinajstić information content (AvgIpc) is 3.57. The lowest BCUT2D eigenvalue weighted by atomic mass is 9.77. The van der Waals surface area contributed by atoms with Crippen LogP contribution in [0, 0.1) is 12.7 Å². The van der Waals surface area contributed by atoms with E-state index < -0.39 is 0 Å². The second-order valence-corrected chi connectivity index (χ2v) is 13.6. The highest BCUT2D eigenvalue weighted by molar-refractivity contribution is 6.10. The number of halogens is 1. The van der Waals surface area contributed by atoms with E-state index in [4.69, 9.17) is 9.97 Å². The number of benzene rings is 5. The minimum Gasteiger partial charge on any atom is -0.301 e. The standard InChI is InChI=1S/C44H34FN3/c1-5-6-11-27-18-22-32-33-24-25-37-38(34-14-9-10-15-36(34)44(37,3)4)42(33)48(41(32)26(27)2)43-46-39(29-16-20-30(45)21-17-29)35-23-19-28-12-7-8-13-31(28)40(35)47-43/h5-25,33,42H,1H2,2-4H3/b11-6-. The fourth-order valence-electron chi connectivity index (χ4n) is 8.38. The van der Waals surface area contributed by atoms with Crippen molar-refractivity contribution in [2.45, 2.75) is 38.1 Å². The van der Waals surface area contributed by atoms with Crippen LogP contribution in [0.3, 0.4) is 0 Å². The molecule has 0 bridgehead atoms. The Balaban J connectivity index is 1.38. The van der Waals surface area contributed by atoms with Crippen molar-refractivity contribution in [2.24, 2.45) is 0 Å². The molecule has 6 aromatic rings. The first-order chi connectivity index (χ1) is 23.4. The van der Waals surface area contributed by atoms with Crippen LogP contribution in [0.2, 0.25) is 0 Å². The second kappa shape index (κ2) is 10.4. The van der Waals surface area contributed by atoms with E-state index in [-0.39, 0.29) is 23.2 Å². The zero-order chi connectivity index (χ0) is 32.7. The second-order valence-electron chi connectivity index (χ2n) is 13.6. The van der Waals surface area contributed by atoms with E-state index in [2.05, 4.69) is 123 Å². The van der Waals surface area contributed by atoms with Gasteiger partial charge >= 0.3 is 0 Å². The van der Waals surface area contributed by atoms with Gasteiger partial charge in [-0.2, -0.15) is 0 Å². The number of nitrogens with zero attached hydrogens (tertiary/aromatic N) is 3. The average molecular weight is 624 g/mol. The molecule has 2 unspecified atom stereocenters. The topological polar surface area (TPSA) is 29.0 Å². The molecule has 0 spiro atoms. The van der Waals surface area contributed by atoms with Crippen LogP contribution in [0.1, 0.15) is 47.6 Å². The van der Waals surface area contributed by atoms with Crippen LogP contribution in [0.5, 0.6) is 0 Å². The van der Waals surface area contributed by atoms with Gasteiger partial charge in [-0.1, -0.05) is 118 Å². The molecule has 0 radical (unpaired) electrons. The molecule has 232 valence electrons. The largest absolute Gasteiger partial charge is 0.301 e. The Morgan fingerprint density at radius 2 is 1.65 bits per heavy atom. The monoisotopic (exact) mass is 623 g/mol. The lowest BCUT2D eigenvalue weighted by Gasteiger charge is -2.34. The van der Waals surface area contributed by atoms with Gasteiger partial charge in [0.15, 0.2) is 0 Å². The van der Waals surface area contributed by atoms with Crippen LogP contribution < -0.4 is 4.90 Å². The molecule has 0 saturated heterocycles. The van der Waals surface area contributed by atoms with E-state index in [9.17, 15) is 4.39 Å². The highest BCUT2D eigenvalue weighted by Crippen LogP contribution is 2.59. The molecule has 0 amide bonds. The highest BCUT2D eigenvalue weighted by atomic mass is 19.1. The molecule has 0 fully saturated rings. The maximum atomic E-state index is 14.2. The lowest BCUT2D eigenvalue weighted by molar-refractivity contribution is 0.628. The Bertz CT molecular complexity index is 2430. The molecule has 4 heteroatoms. The molecule has 5 aromatic carbocycles. The third kappa shape index (κ3) is 3.99. The molecule has 2 atom stereocenters. The van der Waals surface area contributed by atoms with Gasteiger partial charge in [0.25, 0.3) is 0 Å². The maximum Gasteiger partial charge on any atom is 0.231 e. The Morgan fingerprint density at radius 3 is 2.48 bits per heavy atom. The van der Waals surface area contributed by atoms with E-state index in [0.717, 1.165) is 44.2 Å². The number of rotatable bonds is 4. The minimum absolute atomic E-state index is 0.0475. The minimum atomic E-state index is -0.272. The van der Waals surface area contributed by atoms with Crippen LogP contribution >= 0.6 is 0 Å². The van der Waals surface area contributed by atoms with Gasteiger partial charge in [-0.3, -0.25) is 0 Å². The van der Waals surface area contributed by atoms with Gasteiger partial charge in [0.1, 0.15) is 5.82 Å². The van der Waals surface area contributed by atoms with Crippen LogP contribution in [-0.2, 0) is 5.41 Å². The van der Waals surface area contributed by atoms with Crippen molar-refractivity contribution in [2.75, 3.05) is 4.90 Å². The summed E-state index contributed by atoms with van der Waals surface area (Å²) in [5, 5.41) is 3.12. The van der Waals surface area contributed by atoms with Gasteiger partial charge in [0, 0.05) is 27.7 Å². The molecule has 0 saturated carbocycles. The van der Waals surface area contributed by atoms with Crippen molar-refractivity contribution in [3.8, 4) is 11.3 Å². The molecule has 3 aliphatic rings. The third-order valence-electron chi connectivity index (χ3n) is 10.7. The summed E-state index contributed by atoms with van der Waals surface area (Å²) in [6, 6.07) is 32.6. The fourth-order valence-corrected chi connectivity index (χ4v) is 8.38. The van der Waals surface area contributed by atoms with Crippen LogP contribution in [-0.4, -0.2) is 16.0 Å². The smallest absolute Gasteiger partial charge is 0.231 e. The van der Waals surface area contributed by atoms with E-state index in [1.165, 1.54) is 45.5 Å². The van der Waals surface area contributed by atoms with Crippen molar-refractivity contribution in [3.05, 3.63) is 167 Å². The lowest BCUT2D eigenvalue weighted by Crippen LogP contribution is -2.34. The summed E-state index contributed by atoms with van der Waals surface area (Å²) >= 11 is 0. The summed E-state index contributed by atoms with van der Waals surface area (Å²) in [4.78, 5) is 13.3. The molecule has 1 aromatic heterocycles. The van der Waals surface area contributed by atoms with Gasteiger partial charge in [0.05, 0.1) is 22.9 Å². The first-order valence-electron chi connectivity index (χ1n) is 16.6. The summed E-state index contributed by atoms with van der Waals surface area (Å²) in [5.74, 6) is 0.480.